The monoisotopic (exact) mass is 293 g/mol. The highest BCUT2D eigenvalue weighted by Crippen LogP contribution is 2.31. The average Bonchev–Trinajstić information content (AvgIpc) is 2.41. The summed E-state index contributed by atoms with van der Waals surface area (Å²) in [6.07, 6.45) is 0. The maximum Gasteiger partial charge on any atom is 0.132 e. The van der Waals surface area contributed by atoms with E-state index in [0.29, 0.717) is 16.5 Å². The number of benzene rings is 2. The number of halogens is 2. The lowest BCUT2D eigenvalue weighted by Gasteiger charge is -2.17. The third-order valence-electron chi connectivity index (χ3n) is 2.97. The van der Waals surface area contributed by atoms with E-state index < -0.39 is 0 Å². The molecule has 0 aliphatic heterocycles. The van der Waals surface area contributed by atoms with Crippen LogP contribution in [-0.2, 0) is 0 Å². The van der Waals surface area contributed by atoms with Gasteiger partial charge >= 0.3 is 0 Å². The van der Waals surface area contributed by atoms with E-state index in [1.54, 1.807) is 18.2 Å². The van der Waals surface area contributed by atoms with Crippen molar-refractivity contribution in [1.29, 1.82) is 0 Å². The molecule has 0 fully saturated rings. The number of hydrogen-bond acceptors (Lipinski definition) is 2. The van der Waals surface area contributed by atoms with Crippen LogP contribution < -0.4 is 10.1 Å². The van der Waals surface area contributed by atoms with Crippen molar-refractivity contribution in [2.45, 2.75) is 19.9 Å². The molecule has 0 aromatic heterocycles. The van der Waals surface area contributed by atoms with Crippen LogP contribution in [0.25, 0.3) is 0 Å². The molecular weight excluding hydrogens is 277 g/mol. The summed E-state index contributed by atoms with van der Waals surface area (Å²) in [5.41, 5.74) is 0.784. The fraction of sp³-hybridized carbons (Fsp3) is 0.250. The summed E-state index contributed by atoms with van der Waals surface area (Å²) in [5.74, 6) is 0.986. The molecule has 1 atom stereocenters. The Labute approximate surface area is 123 Å². The van der Waals surface area contributed by atoms with Gasteiger partial charge in [0.2, 0.25) is 0 Å². The molecule has 2 aromatic carbocycles. The molecule has 0 aliphatic rings. The van der Waals surface area contributed by atoms with Crippen LogP contribution >= 0.6 is 11.6 Å². The van der Waals surface area contributed by atoms with Crippen molar-refractivity contribution in [3.8, 4) is 11.5 Å². The van der Waals surface area contributed by atoms with E-state index in [1.165, 1.54) is 12.1 Å². The molecule has 106 valence electrons. The Hall–Kier alpha value is -1.58. The van der Waals surface area contributed by atoms with Crippen LogP contribution in [0.3, 0.4) is 0 Å². The number of nitrogens with one attached hydrogen (secondary N) is 1. The molecule has 0 amide bonds. The van der Waals surface area contributed by atoms with E-state index in [0.717, 1.165) is 12.1 Å². The first-order valence-electron chi connectivity index (χ1n) is 6.56. The van der Waals surface area contributed by atoms with E-state index in [4.69, 9.17) is 16.3 Å². The van der Waals surface area contributed by atoms with Gasteiger partial charge in [0.15, 0.2) is 0 Å². The van der Waals surface area contributed by atoms with Crippen LogP contribution in [0.4, 0.5) is 4.39 Å². The molecule has 2 aromatic rings. The van der Waals surface area contributed by atoms with Crippen LogP contribution in [0.2, 0.25) is 5.02 Å². The smallest absolute Gasteiger partial charge is 0.132 e. The number of ether oxygens (including phenoxy) is 1. The molecule has 0 heterocycles. The molecule has 1 N–H and O–H groups in total. The van der Waals surface area contributed by atoms with E-state index in [-0.39, 0.29) is 11.9 Å². The standard InChI is InChI=1S/C16H17ClFNO/c1-3-19-11(2)15-10-13(18)7-8-16(15)20-14-6-4-5-12(17)9-14/h4-11,19H,3H2,1-2H3. The first-order chi connectivity index (χ1) is 9.60. The quantitative estimate of drug-likeness (QED) is 0.843. The van der Waals surface area contributed by atoms with Crippen LogP contribution in [0.1, 0.15) is 25.5 Å². The molecule has 0 aliphatic carbocycles. The summed E-state index contributed by atoms with van der Waals surface area (Å²) in [6, 6.07) is 11.7. The number of hydrogen-bond donors (Lipinski definition) is 1. The summed E-state index contributed by atoms with van der Waals surface area (Å²) in [4.78, 5) is 0. The molecule has 2 rings (SSSR count). The largest absolute Gasteiger partial charge is 0.457 e. The highest BCUT2D eigenvalue weighted by molar-refractivity contribution is 6.30. The van der Waals surface area contributed by atoms with Gasteiger partial charge in [0.1, 0.15) is 17.3 Å². The Morgan fingerprint density at radius 3 is 2.75 bits per heavy atom. The van der Waals surface area contributed by atoms with Gasteiger partial charge in [-0.25, -0.2) is 4.39 Å². The SMILES string of the molecule is CCNC(C)c1cc(F)ccc1Oc1cccc(Cl)c1. The van der Waals surface area contributed by atoms with E-state index in [1.807, 2.05) is 26.0 Å². The average molecular weight is 294 g/mol. The summed E-state index contributed by atoms with van der Waals surface area (Å²) in [5, 5.41) is 3.86. The molecule has 20 heavy (non-hydrogen) atoms. The van der Waals surface area contributed by atoms with Gasteiger partial charge in [-0.2, -0.15) is 0 Å². The first kappa shape index (κ1) is 14.8. The van der Waals surface area contributed by atoms with E-state index in [9.17, 15) is 4.39 Å². The molecule has 0 saturated heterocycles. The molecule has 1 unspecified atom stereocenters. The summed E-state index contributed by atoms with van der Waals surface area (Å²) in [6.45, 7) is 4.78. The van der Waals surface area contributed by atoms with Crippen molar-refractivity contribution in [2.75, 3.05) is 6.54 Å². The van der Waals surface area contributed by atoms with Crippen molar-refractivity contribution in [3.05, 3.63) is 58.9 Å². The zero-order valence-electron chi connectivity index (χ0n) is 11.5. The maximum atomic E-state index is 13.4. The third kappa shape index (κ3) is 3.71. The fourth-order valence-corrected chi connectivity index (χ4v) is 2.20. The lowest BCUT2D eigenvalue weighted by molar-refractivity contribution is 0.460. The minimum absolute atomic E-state index is 0.00452. The van der Waals surface area contributed by atoms with Crippen LogP contribution in [0.5, 0.6) is 11.5 Å². The van der Waals surface area contributed by atoms with Crippen LogP contribution in [0.15, 0.2) is 42.5 Å². The Morgan fingerprint density at radius 1 is 1.25 bits per heavy atom. The zero-order valence-corrected chi connectivity index (χ0v) is 12.2. The van der Waals surface area contributed by atoms with Gasteiger partial charge in [-0.15, -0.1) is 0 Å². The first-order valence-corrected chi connectivity index (χ1v) is 6.94. The van der Waals surface area contributed by atoms with Gasteiger partial charge in [-0.1, -0.05) is 24.6 Å². The Kier molecular flexibility index (Phi) is 4.99. The van der Waals surface area contributed by atoms with Crippen molar-refractivity contribution >= 4 is 11.6 Å². The molecule has 0 bridgehead atoms. The third-order valence-corrected chi connectivity index (χ3v) is 3.21. The van der Waals surface area contributed by atoms with E-state index in [2.05, 4.69) is 5.32 Å². The predicted molar refractivity (Wildman–Crippen MR) is 80.0 cm³/mol. The lowest BCUT2D eigenvalue weighted by Crippen LogP contribution is -2.18. The van der Waals surface area contributed by atoms with Crippen molar-refractivity contribution in [2.24, 2.45) is 0 Å². The Balaban J connectivity index is 2.31. The highest BCUT2D eigenvalue weighted by Gasteiger charge is 2.13. The van der Waals surface area contributed by atoms with Crippen LogP contribution in [-0.4, -0.2) is 6.54 Å². The van der Waals surface area contributed by atoms with Gasteiger partial charge in [0.05, 0.1) is 0 Å². The minimum atomic E-state index is -0.275. The van der Waals surface area contributed by atoms with Crippen molar-refractivity contribution in [3.63, 3.8) is 0 Å². The predicted octanol–water partition coefficient (Wildman–Crippen LogP) is 4.94. The molecular formula is C16H17ClFNO. The Morgan fingerprint density at radius 2 is 2.05 bits per heavy atom. The lowest BCUT2D eigenvalue weighted by atomic mass is 10.1. The highest BCUT2D eigenvalue weighted by atomic mass is 35.5. The van der Waals surface area contributed by atoms with Gasteiger partial charge in [-0.3, -0.25) is 0 Å². The van der Waals surface area contributed by atoms with Crippen molar-refractivity contribution in [1.82, 2.24) is 5.32 Å². The van der Waals surface area contributed by atoms with Gasteiger partial charge < -0.3 is 10.1 Å². The summed E-state index contributed by atoms with van der Waals surface area (Å²) in [7, 11) is 0. The van der Waals surface area contributed by atoms with Gasteiger partial charge in [-0.05, 0) is 49.9 Å². The molecule has 0 saturated carbocycles. The molecule has 2 nitrogen and oxygen atoms in total. The van der Waals surface area contributed by atoms with Gasteiger partial charge in [0.25, 0.3) is 0 Å². The Bertz CT molecular complexity index is 588. The maximum absolute atomic E-state index is 13.4. The summed E-state index contributed by atoms with van der Waals surface area (Å²) < 4.78 is 19.3. The molecule has 4 heteroatoms. The number of rotatable bonds is 5. The van der Waals surface area contributed by atoms with Gasteiger partial charge in [0, 0.05) is 16.6 Å². The fourth-order valence-electron chi connectivity index (χ4n) is 2.02. The van der Waals surface area contributed by atoms with E-state index >= 15 is 0 Å². The normalized spacial score (nSPS) is 12.2. The second-order valence-electron chi connectivity index (χ2n) is 4.52. The zero-order chi connectivity index (χ0) is 14.5. The molecule has 0 radical (unpaired) electrons. The summed E-state index contributed by atoms with van der Waals surface area (Å²) >= 11 is 5.94. The second-order valence-corrected chi connectivity index (χ2v) is 4.96. The second kappa shape index (κ2) is 6.73. The minimum Gasteiger partial charge on any atom is -0.457 e. The molecule has 0 spiro atoms. The topological polar surface area (TPSA) is 21.3 Å². The van der Waals surface area contributed by atoms with Crippen LogP contribution in [0, 0.1) is 5.82 Å². The van der Waals surface area contributed by atoms with Crippen molar-refractivity contribution < 1.29 is 9.13 Å².